The van der Waals surface area contributed by atoms with Crippen molar-refractivity contribution in [3.05, 3.63) is 23.9 Å². The Balaban J connectivity index is 1.95. The van der Waals surface area contributed by atoms with E-state index < -0.39 is 0 Å². The van der Waals surface area contributed by atoms with Crippen molar-refractivity contribution in [3.63, 3.8) is 0 Å². The lowest BCUT2D eigenvalue weighted by atomic mass is 9.85. The Bertz CT molecular complexity index is 476. The van der Waals surface area contributed by atoms with Gasteiger partial charge >= 0.3 is 6.03 Å². The Kier molecular flexibility index (Phi) is 4.70. The third-order valence-electron chi connectivity index (χ3n) is 4.06. The second-order valence-electron chi connectivity index (χ2n) is 6.54. The molecule has 0 aliphatic carbocycles. The average Bonchev–Trinajstić information content (AvgIpc) is 2.99. The molecule has 0 bridgehead atoms. The lowest BCUT2D eigenvalue weighted by molar-refractivity contribution is 0.206. The molecule has 0 aromatic carbocycles. The molecule has 1 fully saturated rings. The highest BCUT2D eigenvalue weighted by Gasteiger charge is 2.24. The van der Waals surface area contributed by atoms with E-state index in [-0.39, 0.29) is 11.4 Å². The number of aromatic nitrogens is 1. The third-order valence-corrected chi connectivity index (χ3v) is 4.06. The molecule has 1 aromatic heterocycles. The molecule has 0 saturated carbocycles. The maximum Gasteiger partial charge on any atom is 0.317 e. The van der Waals surface area contributed by atoms with Crippen LogP contribution in [-0.2, 0) is 5.41 Å². The van der Waals surface area contributed by atoms with Crippen LogP contribution in [0.25, 0.3) is 0 Å². The van der Waals surface area contributed by atoms with Gasteiger partial charge in [0.2, 0.25) is 0 Å². The fraction of sp³-hybridized carbons (Fsp3) is 0.625. The fourth-order valence-corrected chi connectivity index (χ4v) is 2.48. The first kappa shape index (κ1) is 15.6. The van der Waals surface area contributed by atoms with Crippen LogP contribution in [0.4, 0.5) is 10.6 Å². The van der Waals surface area contributed by atoms with Crippen molar-refractivity contribution in [2.75, 3.05) is 38.6 Å². The van der Waals surface area contributed by atoms with Crippen molar-refractivity contribution in [2.24, 2.45) is 0 Å². The van der Waals surface area contributed by atoms with Gasteiger partial charge in [-0.3, -0.25) is 0 Å². The van der Waals surface area contributed by atoms with Gasteiger partial charge in [0.15, 0.2) is 0 Å². The highest BCUT2D eigenvalue weighted by atomic mass is 16.2. The SMILES string of the molecule is CN(C)c1ccc(C(C)(C)CNC(=O)N2CCCC2)cn1. The largest absolute Gasteiger partial charge is 0.363 e. The van der Waals surface area contributed by atoms with Crippen LogP contribution in [0.2, 0.25) is 0 Å². The summed E-state index contributed by atoms with van der Waals surface area (Å²) in [5, 5.41) is 3.05. The minimum Gasteiger partial charge on any atom is -0.363 e. The van der Waals surface area contributed by atoms with Crippen LogP contribution >= 0.6 is 0 Å². The number of likely N-dealkylation sites (tertiary alicyclic amines) is 1. The summed E-state index contributed by atoms with van der Waals surface area (Å²) in [6, 6.07) is 4.16. The minimum atomic E-state index is -0.132. The van der Waals surface area contributed by atoms with Crippen LogP contribution in [-0.4, -0.2) is 49.6 Å². The van der Waals surface area contributed by atoms with Gasteiger partial charge in [-0.05, 0) is 24.5 Å². The van der Waals surface area contributed by atoms with Crippen LogP contribution in [0.1, 0.15) is 32.3 Å². The van der Waals surface area contributed by atoms with Crippen LogP contribution in [0, 0.1) is 0 Å². The molecule has 116 valence electrons. The average molecular weight is 290 g/mol. The zero-order valence-electron chi connectivity index (χ0n) is 13.5. The summed E-state index contributed by atoms with van der Waals surface area (Å²) < 4.78 is 0. The van der Waals surface area contributed by atoms with Crippen LogP contribution in [0.5, 0.6) is 0 Å². The topological polar surface area (TPSA) is 48.5 Å². The summed E-state index contributed by atoms with van der Waals surface area (Å²) in [5.74, 6) is 0.940. The Morgan fingerprint density at radius 2 is 2.00 bits per heavy atom. The summed E-state index contributed by atoms with van der Waals surface area (Å²) >= 11 is 0. The van der Waals surface area contributed by atoms with E-state index in [2.05, 4.69) is 30.2 Å². The first-order valence-electron chi connectivity index (χ1n) is 7.57. The smallest absolute Gasteiger partial charge is 0.317 e. The molecule has 2 amide bonds. The zero-order chi connectivity index (χ0) is 15.5. The van der Waals surface area contributed by atoms with E-state index in [4.69, 9.17) is 0 Å². The number of carbonyl (C=O) groups is 1. The van der Waals surface area contributed by atoms with Crippen LogP contribution in [0.3, 0.4) is 0 Å². The number of carbonyl (C=O) groups excluding carboxylic acids is 1. The van der Waals surface area contributed by atoms with E-state index in [1.54, 1.807) is 0 Å². The lowest BCUT2D eigenvalue weighted by Gasteiger charge is -2.27. The van der Waals surface area contributed by atoms with Gasteiger partial charge in [-0.15, -0.1) is 0 Å². The Labute approximate surface area is 127 Å². The molecule has 5 nitrogen and oxygen atoms in total. The van der Waals surface area contributed by atoms with Gasteiger partial charge in [0.05, 0.1) is 0 Å². The molecule has 0 unspecified atom stereocenters. The van der Waals surface area contributed by atoms with Gasteiger partial charge in [0.25, 0.3) is 0 Å². The van der Waals surface area contributed by atoms with Crippen molar-refractivity contribution in [3.8, 4) is 0 Å². The second-order valence-corrected chi connectivity index (χ2v) is 6.54. The fourth-order valence-electron chi connectivity index (χ4n) is 2.48. The summed E-state index contributed by atoms with van der Waals surface area (Å²) in [5.41, 5.74) is 1.00. The molecule has 21 heavy (non-hydrogen) atoms. The van der Waals surface area contributed by atoms with Crippen molar-refractivity contribution < 1.29 is 4.79 Å². The number of amides is 2. The van der Waals surface area contributed by atoms with Crippen molar-refractivity contribution in [1.29, 1.82) is 0 Å². The molecular weight excluding hydrogens is 264 g/mol. The molecule has 0 spiro atoms. The normalized spacial score (nSPS) is 15.1. The third kappa shape index (κ3) is 3.86. The molecule has 0 radical (unpaired) electrons. The van der Waals surface area contributed by atoms with E-state index in [0.717, 1.165) is 37.3 Å². The van der Waals surface area contributed by atoms with E-state index in [9.17, 15) is 4.79 Å². The molecule has 1 aromatic rings. The van der Waals surface area contributed by atoms with Gasteiger partial charge in [0.1, 0.15) is 5.82 Å². The highest BCUT2D eigenvalue weighted by molar-refractivity contribution is 5.74. The standard InChI is InChI=1S/C16H26N4O/c1-16(2,12-18-15(21)20-9-5-6-10-20)13-7-8-14(17-11-13)19(3)4/h7-8,11H,5-6,9-10,12H2,1-4H3,(H,18,21). The monoisotopic (exact) mass is 290 g/mol. The van der Waals surface area contributed by atoms with E-state index >= 15 is 0 Å². The molecule has 1 aliphatic rings. The highest BCUT2D eigenvalue weighted by Crippen LogP contribution is 2.23. The van der Waals surface area contributed by atoms with Gasteiger partial charge in [0, 0.05) is 45.3 Å². The van der Waals surface area contributed by atoms with E-state index in [0.29, 0.717) is 6.54 Å². The van der Waals surface area contributed by atoms with Crippen LogP contribution < -0.4 is 10.2 Å². The van der Waals surface area contributed by atoms with Gasteiger partial charge in [-0.25, -0.2) is 9.78 Å². The molecular formula is C16H26N4O. The first-order valence-corrected chi connectivity index (χ1v) is 7.57. The number of anilines is 1. The summed E-state index contributed by atoms with van der Waals surface area (Å²) in [4.78, 5) is 20.4. The molecule has 2 rings (SSSR count). The second kappa shape index (κ2) is 6.33. The quantitative estimate of drug-likeness (QED) is 0.925. The lowest BCUT2D eigenvalue weighted by Crippen LogP contribution is -2.43. The Hall–Kier alpha value is -1.78. The molecule has 1 saturated heterocycles. The van der Waals surface area contributed by atoms with E-state index in [1.807, 2.05) is 36.2 Å². The molecule has 2 heterocycles. The zero-order valence-corrected chi connectivity index (χ0v) is 13.5. The summed E-state index contributed by atoms with van der Waals surface area (Å²) in [6.07, 6.45) is 4.14. The molecule has 1 N–H and O–H groups in total. The number of hydrogen-bond acceptors (Lipinski definition) is 3. The molecule has 0 atom stereocenters. The predicted molar refractivity (Wildman–Crippen MR) is 85.8 cm³/mol. The van der Waals surface area contributed by atoms with Gasteiger partial charge in [-0.2, -0.15) is 0 Å². The number of urea groups is 1. The van der Waals surface area contributed by atoms with Crippen LogP contribution in [0.15, 0.2) is 18.3 Å². The summed E-state index contributed by atoms with van der Waals surface area (Å²) in [6.45, 7) is 6.63. The van der Waals surface area contributed by atoms with Gasteiger partial charge in [-0.1, -0.05) is 19.9 Å². The van der Waals surface area contributed by atoms with Gasteiger partial charge < -0.3 is 15.1 Å². The van der Waals surface area contributed by atoms with Crippen molar-refractivity contribution in [2.45, 2.75) is 32.1 Å². The predicted octanol–water partition coefficient (Wildman–Crippen LogP) is 2.23. The van der Waals surface area contributed by atoms with E-state index in [1.165, 1.54) is 0 Å². The Morgan fingerprint density at radius 1 is 1.33 bits per heavy atom. The van der Waals surface area contributed by atoms with Crippen molar-refractivity contribution in [1.82, 2.24) is 15.2 Å². The maximum absolute atomic E-state index is 12.1. The maximum atomic E-state index is 12.1. The Morgan fingerprint density at radius 3 is 2.52 bits per heavy atom. The number of nitrogens with zero attached hydrogens (tertiary/aromatic N) is 3. The molecule has 5 heteroatoms. The first-order chi connectivity index (χ1) is 9.90. The minimum absolute atomic E-state index is 0.0541. The number of nitrogens with one attached hydrogen (secondary N) is 1. The number of hydrogen-bond donors (Lipinski definition) is 1. The summed E-state index contributed by atoms with van der Waals surface area (Å²) in [7, 11) is 3.95. The molecule has 1 aliphatic heterocycles. The van der Waals surface area contributed by atoms with Crippen molar-refractivity contribution >= 4 is 11.8 Å². The number of pyridine rings is 1. The number of rotatable bonds is 4.